The van der Waals surface area contributed by atoms with Crippen molar-refractivity contribution >= 4 is 5.91 Å². The number of nitrogens with zero attached hydrogens (tertiary/aromatic N) is 1. The molecule has 3 N–H and O–H groups in total. The summed E-state index contributed by atoms with van der Waals surface area (Å²) in [6.45, 7) is 0.857. The summed E-state index contributed by atoms with van der Waals surface area (Å²) in [5.74, 6) is -0.143. The summed E-state index contributed by atoms with van der Waals surface area (Å²) >= 11 is 0. The summed E-state index contributed by atoms with van der Waals surface area (Å²) in [5.41, 5.74) is 8.58. The Morgan fingerprint density at radius 2 is 1.90 bits per heavy atom. The molecule has 0 bridgehead atoms. The molecule has 2 aromatic rings. The number of hydrogen-bond donors (Lipinski definition) is 2. The van der Waals surface area contributed by atoms with Gasteiger partial charge >= 0.3 is 0 Å². The van der Waals surface area contributed by atoms with Crippen molar-refractivity contribution in [3.8, 4) is 6.07 Å². The highest BCUT2D eigenvalue weighted by Crippen LogP contribution is 2.06. The largest absolute Gasteiger partial charge is 0.348 e. The van der Waals surface area contributed by atoms with Crippen molar-refractivity contribution < 1.29 is 4.79 Å². The lowest BCUT2D eigenvalue weighted by molar-refractivity contribution is 0.0951. The molecule has 0 aliphatic rings. The first-order chi connectivity index (χ1) is 9.72. The second-order valence-electron chi connectivity index (χ2n) is 4.40. The van der Waals surface area contributed by atoms with Gasteiger partial charge in [-0.1, -0.05) is 24.3 Å². The number of rotatable bonds is 4. The standard InChI is InChI=1S/C16H15N3O/c17-9-12-4-6-15(7-5-12)16(20)19-11-14-3-1-2-13(8-14)10-18/h1-8H,9,11,17H2,(H,19,20). The molecule has 0 fully saturated rings. The second kappa shape index (κ2) is 6.50. The molecule has 0 aliphatic heterocycles. The van der Waals surface area contributed by atoms with Crippen LogP contribution in [0.25, 0.3) is 0 Å². The number of amides is 1. The minimum atomic E-state index is -0.143. The van der Waals surface area contributed by atoms with Crippen molar-refractivity contribution in [1.82, 2.24) is 5.32 Å². The number of hydrogen-bond acceptors (Lipinski definition) is 3. The predicted molar refractivity (Wildman–Crippen MR) is 76.7 cm³/mol. The van der Waals surface area contributed by atoms with Gasteiger partial charge in [-0.15, -0.1) is 0 Å². The Labute approximate surface area is 117 Å². The molecule has 0 radical (unpaired) electrons. The first-order valence-corrected chi connectivity index (χ1v) is 6.29. The first kappa shape index (κ1) is 13.8. The number of carbonyl (C=O) groups is 1. The van der Waals surface area contributed by atoms with Crippen LogP contribution in [-0.4, -0.2) is 5.91 Å². The van der Waals surface area contributed by atoms with E-state index in [0.29, 0.717) is 24.2 Å². The number of carbonyl (C=O) groups excluding carboxylic acids is 1. The molecule has 0 atom stereocenters. The molecule has 4 heteroatoms. The van der Waals surface area contributed by atoms with E-state index in [-0.39, 0.29) is 5.91 Å². The third-order valence-electron chi connectivity index (χ3n) is 2.96. The highest BCUT2D eigenvalue weighted by atomic mass is 16.1. The van der Waals surface area contributed by atoms with Gasteiger partial charge < -0.3 is 11.1 Å². The van der Waals surface area contributed by atoms with E-state index in [0.717, 1.165) is 11.1 Å². The summed E-state index contributed by atoms with van der Waals surface area (Å²) in [7, 11) is 0. The van der Waals surface area contributed by atoms with Gasteiger partial charge in [-0.05, 0) is 35.4 Å². The maximum Gasteiger partial charge on any atom is 0.251 e. The molecule has 100 valence electrons. The summed E-state index contributed by atoms with van der Waals surface area (Å²) in [4.78, 5) is 12.0. The number of nitrogens with two attached hydrogens (primary N) is 1. The lowest BCUT2D eigenvalue weighted by Gasteiger charge is -2.06. The van der Waals surface area contributed by atoms with Gasteiger partial charge in [0.05, 0.1) is 11.6 Å². The van der Waals surface area contributed by atoms with Crippen LogP contribution in [0.4, 0.5) is 0 Å². The van der Waals surface area contributed by atoms with Crippen molar-refractivity contribution in [3.05, 3.63) is 70.8 Å². The van der Waals surface area contributed by atoms with E-state index in [2.05, 4.69) is 11.4 Å². The van der Waals surface area contributed by atoms with E-state index in [9.17, 15) is 4.79 Å². The van der Waals surface area contributed by atoms with Gasteiger partial charge in [0.1, 0.15) is 0 Å². The first-order valence-electron chi connectivity index (χ1n) is 6.29. The third kappa shape index (κ3) is 3.44. The van der Waals surface area contributed by atoms with Crippen molar-refractivity contribution in [2.24, 2.45) is 5.73 Å². The molecule has 0 aromatic heterocycles. The minimum absolute atomic E-state index is 0.143. The molecular formula is C16H15N3O. The normalized spacial score (nSPS) is 9.80. The van der Waals surface area contributed by atoms with Gasteiger partial charge in [-0.2, -0.15) is 5.26 Å². The molecular weight excluding hydrogens is 250 g/mol. The SMILES string of the molecule is N#Cc1cccc(CNC(=O)c2ccc(CN)cc2)c1. The highest BCUT2D eigenvalue weighted by molar-refractivity contribution is 5.94. The van der Waals surface area contributed by atoms with Crippen LogP contribution in [0.5, 0.6) is 0 Å². The molecule has 0 spiro atoms. The van der Waals surface area contributed by atoms with E-state index >= 15 is 0 Å². The van der Waals surface area contributed by atoms with Gasteiger partial charge in [-0.25, -0.2) is 0 Å². The van der Waals surface area contributed by atoms with Crippen molar-refractivity contribution in [3.63, 3.8) is 0 Å². The van der Waals surface area contributed by atoms with Gasteiger partial charge in [0.2, 0.25) is 0 Å². The van der Waals surface area contributed by atoms with E-state index in [1.54, 1.807) is 30.3 Å². The summed E-state index contributed by atoms with van der Waals surface area (Å²) in [6.07, 6.45) is 0. The Balaban J connectivity index is 1.99. The van der Waals surface area contributed by atoms with E-state index in [1.807, 2.05) is 18.2 Å². The number of nitrogens with one attached hydrogen (secondary N) is 1. The summed E-state index contributed by atoms with van der Waals surface area (Å²) < 4.78 is 0. The van der Waals surface area contributed by atoms with Crippen LogP contribution in [0.1, 0.15) is 27.0 Å². The Bertz CT molecular complexity index is 642. The molecule has 0 saturated carbocycles. The maximum absolute atomic E-state index is 12.0. The quantitative estimate of drug-likeness (QED) is 0.886. The van der Waals surface area contributed by atoms with Crippen LogP contribution in [0.3, 0.4) is 0 Å². The smallest absolute Gasteiger partial charge is 0.251 e. The zero-order valence-corrected chi connectivity index (χ0v) is 11.0. The fourth-order valence-electron chi connectivity index (χ4n) is 1.83. The Morgan fingerprint density at radius 1 is 1.15 bits per heavy atom. The minimum Gasteiger partial charge on any atom is -0.348 e. The Morgan fingerprint density at radius 3 is 2.55 bits per heavy atom. The van der Waals surface area contributed by atoms with Gasteiger partial charge in [0, 0.05) is 18.7 Å². The molecule has 2 aromatic carbocycles. The van der Waals surface area contributed by atoms with Crippen molar-refractivity contribution in [2.45, 2.75) is 13.1 Å². The molecule has 0 heterocycles. The summed E-state index contributed by atoms with van der Waals surface area (Å²) in [5, 5.41) is 11.6. The monoisotopic (exact) mass is 265 g/mol. The lowest BCUT2D eigenvalue weighted by Crippen LogP contribution is -2.22. The zero-order valence-electron chi connectivity index (χ0n) is 11.0. The molecule has 20 heavy (non-hydrogen) atoms. The van der Waals surface area contributed by atoms with Crippen molar-refractivity contribution in [1.29, 1.82) is 5.26 Å². The van der Waals surface area contributed by atoms with Crippen LogP contribution in [0.15, 0.2) is 48.5 Å². The van der Waals surface area contributed by atoms with E-state index in [4.69, 9.17) is 11.0 Å². The average Bonchev–Trinajstić information content (AvgIpc) is 2.53. The van der Waals surface area contributed by atoms with Gasteiger partial charge in [-0.3, -0.25) is 4.79 Å². The van der Waals surface area contributed by atoms with Crippen LogP contribution < -0.4 is 11.1 Å². The molecule has 2 rings (SSSR count). The molecule has 0 saturated heterocycles. The predicted octanol–water partition coefficient (Wildman–Crippen LogP) is 1.95. The fourth-order valence-corrected chi connectivity index (χ4v) is 1.83. The van der Waals surface area contributed by atoms with Crippen molar-refractivity contribution in [2.75, 3.05) is 0 Å². The maximum atomic E-state index is 12.0. The second-order valence-corrected chi connectivity index (χ2v) is 4.40. The number of nitriles is 1. The van der Waals surface area contributed by atoms with E-state index < -0.39 is 0 Å². The molecule has 0 unspecified atom stereocenters. The van der Waals surface area contributed by atoms with Crippen LogP contribution in [-0.2, 0) is 13.1 Å². The van der Waals surface area contributed by atoms with Crippen LogP contribution in [0.2, 0.25) is 0 Å². The topological polar surface area (TPSA) is 78.9 Å². The zero-order chi connectivity index (χ0) is 14.4. The third-order valence-corrected chi connectivity index (χ3v) is 2.96. The highest BCUT2D eigenvalue weighted by Gasteiger charge is 2.05. The van der Waals surface area contributed by atoms with E-state index in [1.165, 1.54) is 0 Å². The Kier molecular flexibility index (Phi) is 4.48. The molecule has 0 aliphatic carbocycles. The van der Waals surface area contributed by atoms with Gasteiger partial charge in [0.25, 0.3) is 5.91 Å². The molecule has 1 amide bonds. The van der Waals surface area contributed by atoms with Gasteiger partial charge in [0.15, 0.2) is 0 Å². The Hall–Kier alpha value is -2.64. The lowest BCUT2D eigenvalue weighted by atomic mass is 10.1. The van der Waals surface area contributed by atoms with Crippen LogP contribution >= 0.6 is 0 Å². The average molecular weight is 265 g/mol. The molecule has 4 nitrogen and oxygen atoms in total. The number of benzene rings is 2. The summed E-state index contributed by atoms with van der Waals surface area (Å²) in [6, 6.07) is 16.4. The fraction of sp³-hybridized carbons (Fsp3) is 0.125. The van der Waals surface area contributed by atoms with Crippen LogP contribution in [0, 0.1) is 11.3 Å².